The summed E-state index contributed by atoms with van der Waals surface area (Å²) in [6.45, 7) is 8.18. The molecule has 1 saturated heterocycles. The number of carbonyl (C=O) groups excluding carboxylic acids is 2. The third kappa shape index (κ3) is 7.08. The second-order valence-corrected chi connectivity index (χ2v) is 6.99. The van der Waals surface area contributed by atoms with Crippen LogP contribution in [0.25, 0.3) is 10.4 Å². The number of hydrogen-bond donors (Lipinski definition) is 0. The Hall–Kier alpha value is -1.95. The first-order valence-electron chi connectivity index (χ1n) is 8.46. The van der Waals surface area contributed by atoms with Crippen LogP contribution >= 0.6 is 0 Å². The van der Waals surface area contributed by atoms with Gasteiger partial charge >= 0.3 is 12.1 Å². The largest absolute Gasteiger partial charge is 0.460 e. The smallest absolute Gasteiger partial charge is 0.410 e. The van der Waals surface area contributed by atoms with E-state index in [4.69, 9.17) is 15.0 Å². The van der Waals surface area contributed by atoms with E-state index in [0.29, 0.717) is 26.0 Å². The van der Waals surface area contributed by atoms with Gasteiger partial charge in [0.2, 0.25) is 0 Å². The van der Waals surface area contributed by atoms with Gasteiger partial charge in [0.1, 0.15) is 5.60 Å². The van der Waals surface area contributed by atoms with E-state index in [9.17, 15) is 9.59 Å². The molecule has 1 rings (SSSR count). The van der Waals surface area contributed by atoms with Gasteiger partial charge < -0.3 is 14.4 Å². The summed E-state index contributed by atoms with van der Waals surface area (Å²) in [6, 6.07) is -0.597. The van der Waals surface area contributed by atoms with Crippen molar-refractivity contribution < 1.29 is 19.1 Å². The Kier molecular flexibility index (Phi) is 7.85. The fraction of sp³-hybridized carbons (Fsp3) is 0.875. The summed E-state index contributed by atoms with van der Waals surface area (Å²) >= 11 is 0. The van der Waals surface area contributed by atoms with Crippen molar-refractivity contribution >= 4 is 12.1 Å². The number of rotatable bonds is 6. The molecule has 136 valence electrons. The maximum absolute atomic E-state index is 12.3. The molecule has 0 bridgehead atoms. The van der Waals surface area contributed by atoms with Gasteiger partial charge in [0.25, 0.3) is 0 Å². The van der Waals surface area contributed by atoms with Crippen LogP contribution < -0.4 is 0 Å². The number of nitrogens with zero attached hydrogens (tertiary/aromatic N) is 4. The molecule has 1 heterocycles. The van der Waals surface area contributed by atoms with Crippen molar-refractivity contribution in [3.8, 4) is 0 Å². The average Bonchev–Trinajstić information content (AvgIpc) is 2.46. The van der Waals surface area contributed by atoms with E-state index in [1.165, 1.54) is 0 Å². The summed E-state index contributed by atoms with van der Waals surface area (Å²) < 4.78 is 10.6. The van der Waals surface area contributed by atoms with Crippen LogP contribution in [0.1, 0.15) is 59.8 Å². The molecule has 1 aliphatic heterocycles. The molecule has 0 aromatic rings. The van der Waals surface area contributed by atoms with E-state index >= 15 is 0 Å². The van der Waals surface area contributed by atoms with Gasteiger partial charge in [-0.3, -0.25) is 4.79 Å². The van der Waals surface area contributed by atoms with Gasteiger partial charge in [-0.2, -0.15) is 0 Å². The summed E-state index contributed by atoms with van der Waals surface area (Å²) in [4.78, 5) is 28.8. The first-order chi connectivity index (χ1) is 11.3. The number of esters is 1. The second-order valence-electron chi connectivity index (χ2n) is 6.99. The highest BCUT2D eigenvalue weighted by molar-refractivity contribution is 5.73. The van der Waals surface area contributed by atoms with E-state index in [0.717, 1.165) is 12.8 Å². The number of piperidine rings is 1. The van der Waals surface area contributed by atoms with Crippen LogP contribution in [0.15, 0.2) is 5.11 Å². The monoisotopic (exact) mass is 340 g/mol. The van der Waals surface area contributed by atoms with Gasteiger partial charge in [-0.1, -0.05) is 18.5 Å². The highest BCUT2D eigenvalue weighted by Gasteiger charge is 2.34. The van der Waals surface area contributed by atoms with Crippen molar-refractivity contribution in [2.24, 2.45) is 5.11 Å². The molecule has 0 aromatic heterocycles. The first-order valence-corrected chi connectivity index (χ1v) is 8.46. The van der Waals surface area contributed by atoms with Crippen molar-refractivity contribution in [2.45, 2.75) is 77.5 Å². The van der Waals surface area contributed by atoms with Gasteiger partial charge in [0, 0.05) is 23.5 Å². The van der Waals surface area contributed by atoms with Crippen LogP contribution in [0.2, 0.25) is 0 Å². The zero-order valence-electron chi connectivity index (χ0n) is 15.0. The minimum atomic E-state index is -0.581. The summed E-state index contributed by atoms with van der Waals surface area (Å²) in [5.74, 6) is -0.375. The molecular formula is C16H28N4O4. The van der Waals surface area contributed by atoms with Crippen LogP contribution in [0.3, 0.4) is 0 Å². The fourth-order valence-electron chi connectivity index (χ4n) is 2.60. The van der Waals surface area contributed by atoms with Crippen LogP contribution in [-0.4, -0.2) is 47.8 Å². The number of amides is 1. The summed E-state index contributed by atoms with van der Waals surface area (Å²) in [6.07, 6.45) is 2.39. The van der Waals surface area contributed by atoms with Crippen LogP contribution in [-0.2, 0) is 14.3 Å². The maximum atomic E-state index is 12.3. The summed E-state index contributed by atoms with van der Waals surface area (Å²) in [5, 5.41) is 3.73. The van der Waals surface area contributed by atoms with Gasteiger partial charge in [-0.15, -0.1) is 0 Å². The SMILES string of the molecule is CCCCOC(=O)N1CC[C@H](N=[N+]=[N-])C[C@H]1CC(=O)OC(C)(C)C. The highest BCUT2D eigenvalue weighted by atomic mass is 16.6. The van der Waals surface area contributed by atoms with Gasteiger partial charge in [-0.05, 0) is 45.6 Å². The molecule has 8 nitrogen and oxygen atoms in total. The molecule has 1 aliphatic rings. The van der Waals surface area contributed by atoms with E-state index < -0.39 is 11.7 Å². The number of hydrogen-bond acceptors (Lipinski definition) is 5. The van der Waals surface area contributed by atoms with Crippen LogP contribution in [0.5, 0.6) is 0 Å². The number of azide groups is 1. The lowest BCUT2D eigenvalue weighted by Crippen LogP contribution is -2.48. The first kappa shape index (κ1) is 20.1. The highest BCUT2D eigenvalue weighted by Crippen LogP contribution is 2.24. The third-order valence-electron chi connectivity index (χ3n) is 3.68. The Morgan fingerprint density at radius 1 is 1.38 bits per heavy atom. The molecule has 2 atom stereocenters. The van der Waals surface area contributed by atoms with Crippen molar-refractivity contribution in [2.75, 3.05) is 13.2 Å². The Morgan fingerprint density at radius 2 is 2.08 bits per heavy atom. The fourth-order valence-corrected chi connectivity index (χ4v) is 2.60. The molecule has 0 saturated carbocycles. The second kappa shape index (κ2) is 9.37. The zero-order valence-corrected chi connectivity index (χ0v) is 15.0. The summed E-state index contributed by atoms with van der Waals surface area (Å²) in [7, 11) is 0. The Balaban J connectivity index is 2.73. The lowest BCUT2D eigenvalue weighted by Gasteiger charge is -2.37. The molecule has 0 unspecified atom stereocenters. The number of carbonyl (C=O) groups is 2. The third-order valence-corrected chi connectivity index (χ3v) is 3.68. The maximum Gasteiger partial charge on any atom is 0.410 e. The molecule has 1 fully saturated rings. The van der Waals surface area contributed by atoms with Crippen molar-refractivity contribution in [3.63, 3.8) is 0 Å². The molecule has 0 radical (unpaired) electrons. The predicted octanol–water partition coefficient (Wildman–Crippen LogP) is 3.80. The Bertz CT molecular complexity index is 483. The molecule has 8 heteroatoms. The molecule has 0 aromatic carbocycles. The Labute approximate surface area is 143 Å². The lowest BCUT2D eigenvalue weighted by atomic mass is 9.96. The van der Waals surface area contributed by atoms with Gasteiger partial charge in [-0.25, -0.2) is 4.79 Å². The van der Waals surface area contributed by atoms with Gasteiger partial charge in [0.05, 0.1) is 13.0 Å². The van der Waals surface area contributed by atoms with Crippen molar-refractivity contribution in [1.29, 1.82) is 0 Å². The summed E-state index contributed by atoms with van der Waals surface area (Å²) in [5.41, 5.74) is 8.04. The zero-order chi connectivity index (χ0) is 18.2. The molecule has 0 spiro atoms. The van der Waals surface area contributed by atoms with E-state index in [-0.39, 0.29) is 24.5 Å². The van der Waals surface area contributed by atoms with E-state index in [2.05, 4.69) is 10.0 Å². The minimum Gasteiger partial charge on any atom is -0.460 e. The van der Waals surface area contributed by atoms with Crippen molar-refractivity contribution in [1.82, 2.24) is 4.90 Å². The molecule has 0 aliphatic carbocycles. The molecule has 1 amide bonds. The lowest BCUT2D eigenvalue weighted by molar-refractivity contribution is -0.156. The minimum absolute atomic E-state index is 0.0671. The van der Waals surface area contributed by atoms with Crippen LogP contribution in [0, 0.1) is 0 Å². The number of unbranched alkanes of at least 4 members (excludes halogenated alkanes) is 1. The normalized spacial score (nSPS) is 20.9. The van der Waals surface area contributed by atoms with Crippen molar-refractivity contribution in [3.05, 3.63) is 10.4 Å². The standard InChI is InChI=1S/C16H28N4O4/c1-5-6-9-23-15(22)20-8-7-12(18-19-17)10-13(20)11-14(21)24-16(2,3)4/h12-13H,5-11H2,1-4H3/t12-,13-/m0/s1. The number of ether oxygens (including phenoxy) is 2. The number of likely N-dealkylation sites (tertiary alicyclic amines) is 1. The van der Waals surface area contributed by atoms with E-state index in [1.54, 1.807) is 25.7 Å². The quantitative estimate of drug-likeness (QED) is 0.241. The van der Waals surface area contributed by atoms with Crippen LogP contribution in [0.4, 0.5) is 4.79 Å². The molecular weight excluding hydrogens is 312 g/mol. The topological polar surface area (TPSA) is 105 Å². The molecule has 0 N–H and O–H groups in total. The Morgan fingerprint density at radius 3 is 2.67 bits per heavy atom. The van der Waals surface area contributed by atoms with E-state index in [1.807, 2.05) is 6.92 Å². The van der Waals surface area contributed by atoms with Gasteiger partial charge in [0.15, 0.2) is 0 Å². The predicted molar refractivity (Wildman–Crippen MR) is 89.4 cm³/mol. The average molecular weight is 340 g/mol. The molecule has 24 heavy (non-hydrogen) atoms.